The number of ether oxygens (including phenoxy) is 1. The van der Waals surface area contributed by atoms with Gasteiger partial charge in [-0.15, -0.1) is 5.10 Å². The summed E-state index contributed by atoms with van der Waals surface area (Å²) in [4.78, 5) is 2.07. The molecule has 0 amide bonds. The maximum atomic E-state index is 13.8. The van der Waals surface area contributed by atoms with E-state index in [-0.39, 0.29) is 35.3 Å². The molecule has 4 aromatic rings. The van der Waals surface area contributed by atoms with Gasteiger partial charge in [0.2, 0.25) is 0 Å². The van der Waals surface area contributed by atoms with Crippen LogP contribution in [-0.2, 0) is 45.1 Å². The molecule has 0 unspecified atom stereocenters. The second-order valence-corrected chi connectivity index (χ2v) is 9.59. The number of halogens is 9. The van der Waals surface area contributed by atoms with Crippen LogP contribution in [0.25, 0.3) is 11.1 Å². The van der Waals surface area contributed by atoms with Gasteiger partial charge < -0.3 is 9.64 Å². The van der Waals surface area contributed by atoms with Gasteiger partial charge in [0.1, 0.15) is 5.75 Å². The van der Waals surface area contributed by atoms with Crippen LogP contribution >= 0.6 is 0 Å². The number of hydrogen-bond acceptors (Lipinski definition) is 6. The van der Waals surface area contributed by atoms with E-state index in [9.17, 15) is 39.5 Å². The van der Waals surface area contributed by atoms with E-state index in [1.165, 1.54) is 26.3 Å². The van der Waals surface area contributed by atoms with Crippen LogP contribution in [-0.4, -0.2) is 27.3 Å². The highest BCUT2D eigenvalue weighted by atomic mass is 19.4. The number of benzene rings is 3. The third kappa shape index (κ3) is 7.39. The van der Waals surface area contributed by atoms with Crippen molar-refractivity contribution in [3.05, 3.63) is 88.0 Å². The second kappa shape index (κ2) is 12.1. The molecule has 0 N–H and O–H groups in total. The number of rotatable bonds is 8. The highest BCUT2D eigenvalue weighted by molar-refractivity contribution is 5.75. The van der Waals surface area contributed by atoms with Crippen molar-refractivity contribution in [3.8, 4) is 22.9 Å². The Morgan fingerprint density at radius 1 is 0.773 bits per heavy atom. The van der Waals surface area contributed by atoms with Gasteiger partial charge in [-0.1, -0.05) is 17.2 Å². The van der Waals surface area contributed by atoms with Crippen molar-refractivity contribution in [2.24, 2.45) is 7.05 Å². The van der Waals surface area contributed by atoms with Crippen LogP contribution in [0.15, 0.2) is 54.6 Å². The van der Waals surface area contributed by atoms with Crippen molar-refractivity contribution in [1.82, 2.24) is 20.2 Å². The highest BCUT2D eigenvalue weighted by Gasteiger charge is 2.37. The first-order chi connectivity index (χ1) is 20.5. The van der Waals surface area contributed by atoms with Crippen molar-refractivity contribution >= 4 is 5.95 Å². The summed E-state index contributed by atoms with van der Waals surface area (Å²) in [6.45, 7) is -1.17. The van der Waals surface area contributed by atoms with Crippen LogP contribution in [0.4, 0.5) is 45.5 Å². The van der Waals surface area contributed by atoms with E-state index >= 15 is 0 Å². The maximum absolute atomic E-state index is 13.8. The molecule has 1 heterocycles. The normalized spacial score (nSPS) is 12.2. The Morgan fingerprint density at radius 3 is 1.93 bits per heavy atom. The SMILES string of the molecule is COc1ccc(CC#N)cc1-c1ccc(C(F)(F)F)cc1CN(Cc1cc(C(F)(F)F)cc(C(F)(F)F)c1)c1nnn(C)n1. The molecule has 0 spiro atoms. The standard InChI is InChI=1S/C28H21F9N6O/c1-42-40-25(39-41-42)43(14-17-9-20(27(32,33)34)13-21(10-17)28(35,36)37)15-18-12-19(26(29,30)31)4-5-22(18)23-11-16(7-8-38)3-6-24(23)44-2/h3-6,9-13H,7,14-15H2,1-2H3. The molecule has 0 bridgehead atoms. The molecule has 7 nitrogen and oxygen atoms in total. The van der Waals surface area contributed by atoms with Gasteiger partial charge in [0.15, 0.2) is 0 Å². The van der Waals surface area contributed by atoms with Gasteiger partial charge in [0, 0.05) is 18.7 Å². The summed E-state index contributed by atoms with van der Waals surface area (Å²) in [6, 6.07) is 10.4. The molecule has 0 atom stereocenters. The number of aromatic nitrogens is 4. The summed E-state index contributed by atoms with van der Waals surface area (Å²) in [5, 5.41) is 20.6. The lowest BCUT2D eigenvalue weighted by molar-refractivity contribution is -0.143. The fourth-order valence-corrected chi connectivity index (χ4v) is 4.47. The van der Waals surface area contributed by atoms with E-state index in [2.05, 4.69) is 15.4 Å². The number of nitriles is 1. The van der Waals surface area contributed by atoms with E-state index in [1.807, 2.05) is 6.07 Å². The van der Waals surface area contributed by atoms with Crippen LogP contribution in [0.5, 0.6) is 5.75 Å². The Morgan fingerprint density at radius 2 is 1.41 bits per heavy atom. The molecule has 0 radical (unpaired) electrons. The van der Waals surface area contributed by atoms with Gasteiger partial charge >= 0.3 is 18.5 Å². The number of nitrogens with zero attached hydrogens (tertiary/aromatic N) is 6. The third-order valence-corrected chi connectivity index (χ3v) is 6.43. The van der Waals surface area contributed by atoms with Crippen molar-refractivity contribution in [3.63, 3.8) is 0 Å². The van der Waals surface area contributed by atoms with E-state index in [0.29, 0.717) is 23.3 Å². The van der Waals surface area contributed by atoms with Crippen LogP contribution < -0.4 is 9.64 Å². The van der Waals surface area contributed by atoms with E-state index in [1.54, 1.807) is 12.1 Å². The topological polar surface area (TPSA) is 79.9 Å². The zero-order chi connectivity index (χ0) is 32.4. The summed E-state index contributed by atoms with van der Waals surface area (Å²) in [5.41, 5.74) is -3.66. The number of anilines is 1. The van der Waals surface area contributed by atoms with Gasteiger partial charge in [-0.25, -0.2) is 0 Å². The molecule has 44 heavy (non-hydrogen) atoms. The zero-order valence-corrected chi connectivity index (χ0v) is 22.8. The molecule has 1 aromatic heterocycles. The quantitative estimate of drug-likeness (QED) is 0.192. The summed E-state index contributed by atoms with van der Waals surface area (Å²) >= 11 is 0. The highest BCUT2D eigenvalue weighted by Crippen LogP contribution is 2.40. The molecule has 4 rings (SSSR count). The minimum absolute atomic E-state index is 0.0280. The molecule has 0 aliphatic heterocycles. The molecule has 0 saturated heterocycles. The van der Waals surface area contributed by atoms with Crippen LogP contribution in [0.1, 0.15) is 33.4 Å². The fraction of sp³-hybridized carbons (Fsp3) is 0.286. The largest absolute Gasteiger partial charge is 0.496 e. The fourth-order valence-electron chi connectivity index (χ4n) is 4.47. The molecule has 232 valence electrons. The molecule has 16 heteroatoms. The van der Waals surface area contributed by atoms with Gasteiger partial charge in [0.25, 0.3) is 5.95 Å². The van der Waals surface area contributed by atoms with Crippen molar-refractivity contribution in [2.75, 3.05) is 12.0 Å². The van der Waals surface area contributed by atoms with E-state index < -0.39 is 53.9 Å². The molecule has 0 aliphatic carbocycles. The monoisotopic (exact) mass is 628 g/mol. The van der Waals surface area contributed by atoms with Crippen molar-refractivity contribution in [1.29, 1.82) is 5.26 Å². The zero-order valence-electron chi connectivity index (χ0n) is 22.8. The number of alkyl halides is 9. The lowest BCUT2D eigenvalue weighted by atomic mass is 9.94. The number of hydrogen-bond donors (Lipinski definition) is 0. The summed E-state index contributed by atoms with van der Waals surface area (Å²) in [5.74, 6) is -0.0309. The predicted octanol–water partition coefficient (Wildman–Crippen LogP) is 7.21. The van der Waals surface area contributed by atoms with Crippen LogP contribution in [0.3, 0.4) is 0 Å². The Bertz CT molecular complexity index is 1650. The first-order valence-electron chi connectivity index (χ1n) is 12.5. The molecular weight excluding hydrogens is 607 g/mol. The summed E-state index contributed by atoms with van der Waals surface area (Å²) < 4.78 is 128. The van der Waals surface area contributed by atoms with Crippen LogP contribution in [0.2, 0.25) is 0 Å². The Hall–Kier alpha value is -4.81. The van der Waals surface area contributed by atoms with Crippen molar-refractivity contribution in [2.45, 2.75) is 38.0 Å². The smallest absolute Gasteiger partial charge is 0.416 e. The third-order valence-electron chi connectivity index (χ3n) is 6.43. The van der Waals surface area contributed by atoms with Crippen molar-refractivity contribution < 1.29 is 44.3 Å². The Kier molecular flexibility index (Phi) is 8.80. The van der Waals surface area contributed by atoms with E-state index in [0.717, 1.165) is 21.8 Å². The number of aryl methyl sites for hydroxylation is 1. The first-order valence-corrected chi connectivity index (χ1v) is 12.5. The molecule has 0 fully saturated rings. The van der Waals surface area contributed by atoms with Gasteiger partial charge in [-0.3, -0.25) is 0 Å². The lowest BCUT2D eigenvalue weighted by Crippen LogP contribution is -2.25. The minimum atomic E-state index is -5.12. The first kappa shape index (κ1) is 32.1. The maximum Gasteiger partial charge on any atom is 0.416 e. The number of methoxy groups -OCH3 is 1. The summed E-state index contributed by atoms with van der Waals surface area (Å²) in [6.07, 6.45) is -15.1. The van der Waals surface area contributed by atoms with Gasteiger partial charge in [0.05, 0.1) is 43.3 Å². The average molecular weight is 628 g/mol. The van der Waals surface area contributed by atoms with Gasteiger partial charge in [-0.2, -0.15) is 49.6 Å². The second-order valence-electron chi connectivity index (χ2n) is 9.59. The average Bonchev–Trinajstić information content (AvgIpc) is 3.37. The molecule has 0 saturated carbocycles. The number of tetrazole rings is 1. The Balaban J connectivity index is 1.90. The molecule has 3 aromatic carbocycles. The molecular formula is C28H21F9N6O. The predicted molar refractivity (Wildman–Crippen MR) is 138 cm³/mol. The van der Waals surface area contributed by atoms with Crippen LogP contribution in [0, 0.1) is 11.3 Å². The Labute approximate surface area is 244 Å². The summed E-state index contributed by atoms with van der Waals surface area (Å²) in [7, 11) is 2.68. The lowest BCUT2D eigenvalue weighted by Gasteiger charge is -2.25. The minimum Gasteiger partial charge on any atom is -0.496 e. The van der Waals surface area contributed by atoms with E-state index in [4.69, 9.17) is 10.00 Å². The molecule has 0 aliphatic rings. The van der Waals surface area contributed by atoms with Gasteiger partial charge in [-0.05, 0) is 69.9 Å².